The first kappa shape index (κ1) is 15.8. The first-order valence-corrected chi connectivity index (χ1v) is 9.23. The van der Waals surface area contributed by atoms with E-state index in [-0.39, 0.29) is 11.2 Å². The largest absolute Gasteiger partial charge is 0.457 e. The monoisotopic (exact) mass is 344 g/mol. The number of amides is 1. The molecule has 1 atom stereocenters. The third-order valence-corrected chi connectivity index (χ3v) is 5.15. The summed E-state index contributed by atoms with van der Waals surface area (Å²) in [6, 6.07) is 15.3. The quantitative estimate of drug-likeness (QED) is 0.724. The number of fused-ring (bicyclic) bond motifs is 1. The topological polar surface area (TPSA) is 51.2 Å². The molecule has 4 nitrogen and oxygen atoms in total. The zero-order valence-electron chi connectivity index (χ0n) is 12.8. The summed E-state index contributed by atoms with van der Waals surface area (Å²) in [6.07, 6.45) is 1.91. The molecule has 0 aliphatic heterocycles. The SMILES string of the molecule is CSC(C)C(=O)Nc1nc2ccc(Oc3ccccc3)cc2s1. The predicted molar refractivity (Wildman–Crippen MR) is 97.7 cm³/mol. The number of hydrogen-bond acceptors (Lipinski definition) is 5. The van der Waals surface area contributed by atoms with Crippen molar-refractivity contribution in [3.63, 3.8) is 0 Å². The van der Waals surface area contributed by atoms with Crippen LogP contribution in [0.1, 0.15) is 6.92 Å². The molecule has 6 heteroatoms. The van der Waals surface area contributed by atoms with Crippen LogP contribution in [-0.4, -0.2) is 22.4 Å². The highest BCUT2D eigenvalue weighted by Gasteiger charge is 2.14. The van der Waals surface area contributed by atoms with Crippen LogP contribution in [0.4, 0.5) is 5.13 Å². The number of hydrogen-bond donors (Lipinski definition) is 1. The second kappa shape index (κ2) is 7.02. The molecule has 23 heavy (non-hydrogen) atoms. The highest BCUT2D eigenvalue weighted by Crippen LogP contribution is 2.31. The Bertz CT molecular complexity index is 818. The number of carbonyl (C=O) groups excluding carboxylic acids is 1. The van der Waals surface area contributed by atoms with E-state index in [9.17, 15) is 4.79 Å². The van der Waals surface area contributed by atoms with E-state index in [1.165, 1.54) is 23.1 Å². The molecule has 1 unspecified atom stereocenters. The number of nitrogens with one attached hydrogen (secondary N) is 1. The molecule has 1 aromatic heterocycles. The number of carbonyl (C=O) groups is 1. The van der Waals surface area contributed by atoms with Crippen molar-refractivity contribution in [2.45, 2.75) is 12.2 Å². The molecule has 3 aromatic rings. The Balaban J connectivity index is 1.79. The number of thiazole rings is 1. The number of anilines is 1. The molecule has 118 valence electrons. The van der Waals surface area contributed by atoms with Crippen molar-refractivity contribution in [3.05, 3.63) is 48.5 Å². The van der Waals surface area contributed by atoms with Crippen LogP contribution in [0, 0.1) is 0 Å². The van der Waals surface area contributed by atoms with Gasteiger partial charge in [-0.05, 0) is 37.4 Å². The van der Waals surface area contributed by atoms with Gasteiger partial charge in [-0.1, -0.05) is 29.5 Å². The lowest BCUT2D eigenvalue weighted by Crippen LogP contribution is -2.21. The van der Waals surface area contributed by atoms with Crippen molar-refractivity contribution in [3.8, 4) is 11.5 Å². The average molecular weight is 344 g/mol. The van der Waals surface area contributed by atoms with Crippen LogP contribution in [0.5, 0.6) is 11.5 Å². The fourth-order valence-corrected chi connectivity index (χ4v) is 3.13. The van der Waals surface area contributed by atoms with Gasteiger partial charge in [-0.15, -0.1) is 0 Å². The molecule has 3 rings (SSSR count). The van der Waals surface area contributed by atoms with Crippen LogP contribution in [-0.2, 0) is 4.79 Å². The molecule has 0 bridgehead atoms. The molecule has 0 radical (unpaired) electrons. The first-order chi connectivity index (χ1) is 11.2. The highest BCUT2D eigenvalue weighted by atomic mass is 32.2. The summed E-state index contributed by atoms with van der Waals surface area (Å²) in [5.74, 6) is 1.51. The van der Waals surface area contributed by atoms with Gasteiger partial charge < -0.3 is 10.1 Å². The standard InChI is InChI=1S/C17H16N2O2S2/c1-11(22-2)16(20)19-17-18-14-9-8-13(10-15(14)23-17)21-12-6-4-3-5-7-12/h3-11H,1-2H3,(H,18,19,20). The zero-order chi connectivity index (χ0) is 16.2. The van der Waals surface area contributed by atoms with Crippen molar-refractivity contribution in [2.24, 2.45) is 0 Å². The molecule has 0 fully saturated rings. The lowest BCUT2D eigenvalue weighted by Gasteiger charge is -2.06. The highest BCUT2D eigenvalue weighted by molar-refractivity contribution is 7.99. The fraction of sp³-hybridized carbons (Fsp3) is 0.176. The molecule has 1 amide bonds. The van der Waals surface area contributed by atoms with E-state index in [0.29, 0.717) is 5.13 Å². The summed E-state index contributed by atoms with van der Waals surface area (Å²) in [4.78, 5) is 16.4. The molecule has 0 saturated heterocycles. The summed E-state index contributed by atoms with van der Waals surface area (Å²) in [5.41, 5.74) is 0.850. The Morgan fingerprint density at radius 3 is 2.74 bits per heavy atom. The van der Waals surface area contributed by atoms with E-state index < -0.39 is 0 Å². The van der Waals surface area contributed by atoms with Gasteiger partial charge in [-0.2, -0.15) is 11.8 Å². The Morgan fingerprint density at radius 2 is 2.00 bits per heavy atom. The van der Waals surface area contributed by atoms with Gasteiger partial charge in [0, 0.05) is 6.07 Å². The molecule has 0 spiro atoms. The number of aromatic nitrogens is 1. The maximum absolute atomic E-state index is 11.9. The molecular weight excluding hydrogens is 328 g/mol. The van der Waals surface area contributed by atoms with Gasteiger partial charge in [-0.25, -0.2) is 4.98 Å². The minimum atomic E-state index is -0.0982. The van der Waals surface area contributed by atoms with Crippen molar-refractivity contribution < 1.29 is 9.53 Å². The summed E-state index contributed by atoms with van der Waals surface area (Å²) >= 11 is 2.95. The average Bonchev–Trinajstić information content (AvgIpc) is 2.96. The maximum atomic E-state index is 11.9. The van der Waals surface area contributed by atoms with Crippen LogP contribution in [0.3, 0.4) is 0 Å². The van der Waals surface area contributed by atoms with Crippen molar-refractivity contribution in [1.29, 1.82) is 0 Å². The number of rotatable bonds is 5. The summed E-state index contributed by atoms with van der Waals surface area (Å²) in [7, 11) is 0. The van der Waals surface area contributed by atoms with Gasteiger partial charge in [-0.3, -0.25) is 4.79 Å². The molecule has 0 aliphatic carbocycles. The molecule has 1 heterocycles. The van der Waals surface area contributed by atoms with E-state index >= 15 is 0 Å². The molecule has 2 aromatic carbocycles. The number of ether oxygens (including phenoxy) is 1. The minimum absolute atomic E-state index is 0.0303. The lowest BCUT2D eigenvalue weighted by atomic mass is 10.3. The maximum Gasteiger partial charge on any atom is 0.238 e. The van der Waals surface area contributed by atoms with E-state index in [4.69, 9.17) is 4.74 Å². The second-order valence-corrected chi connectivity index (χ2v) is 7.14. The summed E-state index contributed by atoms with van der Waals surface area (Å²) < 4.78 is 6.80. The molecule has 0 saturated carbocycles. The van der Waals surface area contributed by atoms with E-state index in [1.807, 2.05) is 61.7 Å². The Hall–Kier alpha value is -2.05. The van der Waals surface area contributed by atoms with Gasteiger partial charge in [0.2, 0.25) is 5.91 Å². The van der Waals surface area contributed by atoms with Crippen LogP contribution in [0.2, 0.25) is 0 Å². The third kappa shape index (κ3) is 3.83. The fourth-order valence-electron chi connectivity index (χ4n) is 1.96. The van der Waals surface area contributed by atoms with E-state index in [0.717, 1.165) is 21.7 Å². The van der Waals surface area contributed by atoms with Crippen LogP contribution < -0.4 is 10.1 Å². The number of thioether (sulfide) groups is 1. The van der Waals surface area contributed by atoms with Gasteiger partial charge in [0.05, 0.1) is 15.5 Å². The van der Waals surface area contributed by atoms with E-state index in [2.05, 4.69) is 10.3 Å². The van der Waals surface area contributed by atoms with Crippen LogP contribution in [0.25, 0.3) is 10.2 Å². The molecule has 1 N–H and O–H groups in total. The van der Waals surface area contributed by atoms with Gasteiger partial charge in [0.15, 0.2) is 5.13 Å². The van der Waals surface area contributed by atoms with Gasteiger partial charge in [0.25, 0.3) is 0 Å². The van der Waals surface area contributed by atoms with Crippen LogP contribution in [0.15, 0.2) is 48.5 Å². The van der Waals surface area contributed by atoms with E-state index in [1.54, 1.807) is 0 Å². The smallest absolute Gasteiger partial charge is 0.238 e. The number of benzene rings is 2. The van der Waals surface area contributed by atoms with Crippen molar-refractivity contribution in [2.75, 3.05) is 11.6 Å². The second-order valence-electron chi connectivity index (χ2n) is 4.93. The predicted octanol–water partition coefficient (Wildman–Crippen LogP) is 4.78. The normalized spacial score (nSPS) is 12.1. The lowest BCUT2D eigenvalue weighted by molar-refractivity contribution is -0.115. The number of nitrogens with zero attached hydrogens (tertiary/aromatic N) is 1. The third-order valence-electron chi connectivity index (χ3n) is 3.29. The van der Waals surface area contributed by atoms with Gasteiger partial charge >= 0.3 is 0 Å². The van der Waals surface area contributed by atoms with Gasteiger partial charge in [0.1, 0.15) is 11.5 Å². The Labute approximate surface area is 142 Å². The molecular formula is C17H16N2O2S2. The summed E-state index contributed by atoms with van der Waals surface area (Å²) in [6.45, 7) is 1.87. The molecule has 0 aliphatic rings. The Morgan fingerprint density at radius 1 is 1.22 bits per heavy atom. The zero-order valence-corrected chi connectivity index (χ0v) is 14.4. The minimum Gasteiger partial charge on any atom is -0.457 e. The first-order valence-electron chi connectivity index (χ1n) is 7.13. The number of para-hydroxylation sites is 1. The van der Waals surface area contributed by atoms with Crippen molar-refractivity contribution in [1.82, 2.24) is 4.98 Å². The van der Waals surface area contributed by atoms with Crippen molar-refractivity contribution >= 4 is 44.4 Å². The Kier molecular flexibility index (Phi) is 4.83. The van der Waals surface area contributed by atoms with Crippen LogP contribution >= 0.6 is 23.1 Å². The summed E-state index contributed by atoms with van der Waals surface area (Å²) in [5, 5.41) is 3.37.